The number of para-hydroxylation sites is 3. The summed E-state index contributed by atoms with van der Waals surface area (Å²) in [4.78, 5) is 41.2. The van der Waals surface area contributed by atoms with Crippen molar-refractivity contribution in [3.05, 3.63) is 65.2 Å². The molecule has 0 saturated carbocycles. The van der Waals surface area contributed by atoms with Gasteiger partial charge in [-0.15, -0.1) is 0 Å². The SMILES string of the molecule is CCOc1ccccc1NC(=O)C(C)OC(=O)CCn1cnc2ccccc2c1=O. The topological polar surface area (TPSA) is 99.5 Å². The second-order valence-electron chi connectivity index (χ2n) is 6.56. The van der Waals surface area contributed by atoms with E-state index in [1.54, 1.807) is 48.5 Å². The largest absolute Gasteiger partial charge is 0.492 e. The molecule has 0 saturated heterocycles. The molecule has 0 bridgehead atoms. The highest BCUT2D eigenvalue weighted by Crippen LogP contribution is 2.23. The van der Waals surface area contributed by atoms with Gasteiger partial charge in [0.2, 0.25) is 0 Å². The number of carbonyl (C=O) groups excluding carboxylic acids is 2. The molecule has 3 aromatic rings. The normalized spacial score (nSPS) is 11.7. The van der Waals surface area contributed by atoms with Crippen molar-refractivity contribution in [2.75, 3.05) is 11.9 Å². The van der Waals surface area contributed by atoms with Crippen LogP contribution in [0.1, 0.15) is 20.3 Å². The minimum absolute atomic E-state index is 0.0624. The van der Waals surface area contributed by atoms with Crippen LogP contribution in [0.3, 0.4) is 0 Å². The number of amides is 1. The predicted molar refractivity (Wildman–Crippen MR) is 112 cm³/mol. The van der Waals surface area contributed by atoms with Gasteiger partial charge in [0.15, 0.2) is 6.10 Å². The van der Waals surface area contributed by atoms with Crippen LogP contribution >= 0.6 is 0 Å². The minimum atomic E-state index is -1.00. The van der Waals surface area contributed by atoms with Gasteiger partial charge in [0.1, 0.15) is 5.75 Å². The van der Waals surface area contributed by atoms with Crippen LogP contribution in [0, 0.1) is 0 Å². The van der Waals surface area contributed by atoms with Crippen LogP contribution in [0.5, 0.6) is 5.75 Å². The van der Waals surface area contributed by atoms with Crippen molar-refractivity contribution < 1.29 is 19.1 Å². The van der Waals surface area contributed by atoms with E-state index >= 15 is 0 Å². The van der Waals surface area contributed by atoms with Crippen molar-refractivity contribution in [1.29, 1.82) is 0 Å². The molecule has 8 nitrogen and oxygen atoms in total. The van der Waals surface area contributed by atoms with Crippen molar-refractivity contribution in [1.82, 2.24) is 9.55 Å². The smallest absolute Gasteiger partial charge is 0.308 e. The molecule has 0 fully saturated rings. The third kappa shape index (κ3) is 5.02. The van der Waals surface area contributed by atoms with Gasteiger partial charge in [-0.1, -0.05) is 24.3 Å². The Hall–Kier alpha value is -3.68. The number of aryl methyl sites for hydroxylation is 1. The number of carbonyl (C=O) groups is 2. The highest BCUT2D eigenvalue weighted by molar-refractivity contribution is 5.96. The second-order valence-corrected chi connectivity index (χ2v) is 6.56. The van der Waals surface area contributed by atoms with Crippen LogP contribution in [0.25, 0.3) is 10.9 Å². The van der Waals surface area contributed by atoms with Gasteiger partial charge < -0.3 is 14.8 Å². The van der Waals surface area contributed by atoms with Crippen LogP contribution in [-0.4, -0.2) is 34.1 Å². The first-order valence-electron chi connectivity index (χ1n) is 9.66. The standard InChI is InChI=1S/C22H23N3O5/c1-3-29-19-11-7-6-10-18(19)24-21(27)15(2)30-20(26)12-13-25-14-23-17-9-5-4-8-16(17)22(25)28/h4-11,14-15H,3,12-13H2,1-2H3,(H,24,27). The first-order valence-corrected chi connectivity index (χ1v) is 9.66. The molecular formula is C22H23N3O5. The highest BCUT2D eigenvalue weighted by atomic mass is 16.5. The number of hydrogen-bond acceptors (Lipinski definition) is 6. The zero-order valence-corrected chi connectivity index (χ0v) is 16.8. The maximum Gasteiger partial charge on any atom is 0.308 e. The Morgan fingerprint density at radius 2 is 1.87 bits per heavy atom. The van der Waals surface area contributed by atoms with E-state index in [2.05, 4.69) is 10.3 Å². The Morgan fingerprint density at radius 1 is 1.13 bits per heavy atom. The number of benzene rings is 2. The van der Waals surface area contributed by atoms with Gasteiger partial charge in [-0.25, -0.2) is 4.98 Å². The van der Waals surface area contributed by atoms with Gasteiger partial charge in [-0.2, -0.15) is 0 Å². The lowest BCUT2D eigenvalue weighted by atomic mass is 10.2. The molecule has 1 amide bonds. The van der Waals surface area contributed by atoms with E-state index in [4.69, 9.17) is 9.47 Å². The number of rotatable bonds is 8. The summed E-state index contributed by atoms with van der Waals surface area (Å²) in [5, 5.41) is 3.18. The number of aromatic nitrogens is 2. The minimum Gasteiger partial charge on any atom is -0.492 e. The summed E-state index contributed by atoms with van der Waals surface area (Å²) < 4.78 is 12.0. The van der Waals surface area contributed by atoms with E-state index in [0.29, 0.717) is 28.9 Å². The summed E-state index contributed by atoms with van der Waals surface area (Å²) in [6.07, 6.45) is 0.338. The van der Waals surface area contributed by atoms with Gasteiger partial charge in [0.25, 0.3) is 11.5 Å². The fourth-order valence-electron chi connectivity index (χ4n) is 2.87. The quantitative estimate of drug-likeness (QED) is 0.575. The summed E-state index contributed by atoms with van der Waals surface area (Å²) in [5.41, 5.74) is 0.867. The molecule has 3 rings (SSSR count). The molecular weight excluding hydrogens is 386 g/mol. The second kappa shape index (κ2) is 9.69. The first-order chi connectivity index (χ1) is 14.5. The molecule has 156 valence electrons. The average molecular weight is 409 g/mol. The van der Waals surface area contributed by atoms with Crippen molar-refractivity contribution in [2.45, 2.75) is 32.9 Å². The van der Waals surface area contributed by atoms with Gasteiger partial charge >= 0.3 is 5.97 Å². The molecule has 0 aliphatic heterocycles. The third-order valence-electron chi connectivity index (χ3n) is 4.41. The Kier molecular flexibility index (Phi) is 6.79. The van der Waals surface area contributed by atoms with E-state index in [1.807, 2.05) is 6.92 Å². The molecule has 2 aromatic carbocycles. The van der Waals surface area contributed by atoms with Crippen LogP contribution in [0.4, 0.5) is 5.69 Å². The zero-order chi connectivity index (χ0) is 21.5. The van der Waals surface area contributed by atoms with E-state index in [9.17, 15) is 14.4 Å². The molecule has 1 N–H and O–H groups in total. The molecule has 0 aliphatic rings. The molecule has 1 heterocycles. The van der Waals surface area contributed by atoms with Crippen LogP contribution in [0.2, 0.25) is 0 Å². The Bertz CT molecular complexity index is 1110. The van der Waals surface area contributed by atoms with Gasteiger partial charge in [-0.05, 0) is 38.1 Å². The summed E-state index contributed by atoms with van der Waals surface area (Å²) in [6.45, 7) is 3.90. The van der Waals surface area contributed by atoms with Crippen LogP contribution in [-0.2, 0) is 20.9 Å². The monoisotopic (exact) mass is 409 g/mol. The molecule has 8 heteroatoms. The van der Waals surface area contributed by atoms with E-state index < -0.39 is 18.0 Å². The van der Waals surface area contributed by atoms with Crippen LogP contribution < -0.4 is 15.6 Å². The van der Waals surface area contributed by atoms with Crippen LogP contribution in [0.15, 0.2) is 59.7 Å². The lowest BCUT2D eigenvalue weighted by Crippen LogP contribution is -2.31. The van der Waals surface area contributed by atoms with Gasteiger partial charge in [-0.3, -0.25) is 19.0 Å². The average Bonchev–Trinajstić information content (AvgIpc) is 2.75. The summed E-state index contributed by atoms with van der Waals surface area (Å²) in [7, 11) is 0. The third-order valence-corrected chi connectivity index (χ3v) is 4.41. The van der Waals surface area contributed by atoms with Crippen molar-refractivity contribution in [3.8, 4) is 5.75 Å². The number of fused-ring (bicyclic) bond motifs is 1. The maximum absolute atomic E-state index is 12.5. The zero-order valence-electron chi connectivity index (χ0n) is 16.8. The summed E-state index contributed by atoms with van der Waals surface area (Å²) in [5.74, 6) is -0.522. The van der Waals surface area contributed by atoms with Crippen molar-refractivity contribution in [3.63, 3.8) is 0 Å². The number of ether oxygens (including phenoxy) is 2. The summed E-state index contributed by atoms with van der Waals surface area (Å²) >= 11 is 0. The highest BCUT2D eigenvalue weighted by Gasteiger charge is 2.19. The van der Waals surface area contributed by atoms with Gasteiger partial charge in [0.05, 0.1) is 35.9 Å². The Labute approximate surface area is 173 Å². The van der Waals surface area contributed by atoms with E-state index in [0.717, 1.165) is 0 Å². The van der Waals surface area contributed by atoms with Crippen molar-refractivity contribution in [2.24, 2.45) is 0 Å². The maximum atomic E-state index is 12.5. The number of hydrogen-bond donors (Lipinski definition) is 1. The van der Waals surface area contributed by atoms with E-state index in [-0.39, 0.29) is 18.5 Å². The Morgan fingerprint density at radius 3 is 2.67 bits per heavy atom. The van der Waals surface area contributed by atoms with Crippen molar-refractivity contribution >= 4 is 28.5 Å². The lowest BCUT2D eigenvalue weighted by Gasteiger charge is -2.15. The molecule has 0 aliphatic carbocycles. The molecule has 1 aromatic heterocycles. The Balaban J connectivity index is 1.56. The fourth-order valence-corrected chi connectivity index (χ4v) is 2.87. The number of esters is 1. The molecule has 30 heavy (non-hydrogen) atoms. The molecule has 0 radical (unpaired) electrons. The number of nitrogens with one attached hydrogen (secondary N) is 1. The number of nitrogens with zero attached hydrogens (tertiary/aromatic N) is 2. The summed E-state index contributed by atoms with van der Waals surface area (Å²) in [6, 6.07) is 14.0. The van der Waals surface area contributed by atoms with Gasteiger partial charge in [0, 0.05) is 6.54 Å². The molecule has 1 atom stereocenters. The first kappa shape index (κ1) is 21.0. The molecule has 1 unspecified atom stereocenters. The predicted octanol–water partition coefficient (Wildman–Crippen LogP) is 2.76. The number of anilines is 1. The molecule has 0 spiro atoms. The van der Waals surface area contributed by atoms with E-state index in [1.165, 1.54) is 17.8 Å². The lowest BCUT2D eigenvalue weighted by molar-refractivity contribution is -0.153. The fraction of sp³-hybridized carbons (Fsp3) is 0.273.